The van der Waals surface area contributed by atoms with E-state index >= 15 is 0 Å². The smallest absolute Gasteiger partial charge is 0.242 e. The Balaban J connectivity index is 2.15. The number of fused-ring (bicyclic) bond motifs is 1. The van der Waals surface area contributed by atoms with Crippen molar-refractivity contribution in [3.63, 3.8) is 0 Å². The molecule has 4 heteroatoms. The minimum Gasteiger partial charge on any atom is -0.359 e. The van der Waals surface area contributed by atoms with Gasteiger partial charge in [0, 0.05) is 24.8 Å². The standard InChI is InChI=1S/C17H27N3O/c1-12(2)11-19-17(21)13(3)20-10-9-15(18-4)14-7-5-6-8-16(14)20/h5-8,12-13,15,18H,9-11H2,1-4H3,(H,19,21). The topological polar surface area (TPSA) is 44.4 Å². The Morgan fingerprint density at radius 3 is 2.71 bits per heavy atom. The Morgan fingerprint density at radius 2 is 2.05 bits per heavy atom. The number of benzene rings is 1. The molecule has 2 rings (SSSR count). The average molecular weight is 289 g/mol. The summed E-state index contributed by atoms with van der Waals surface area (Å²) in [5.41, 5.74) is 2.46. The fourth-order valence-electron chi connectivity index (χ4n) is 2.88. The van der Waals surface area contributed by atoms with Crippen molar-refractivity contribution in [2.45, 2.75) is 39.3 Å². The largest absolute Gasteiger partial charge is 0.359 e. The summed E-state index contributed by atoms with van der Waals surface area (Å²) in [6.07, 6.45) is 1.02. The predicted molar refractivity (Wildman–Crippen MR) is 87.5 cm³/mol. The van der Waals surface area contributed by atoms with Crippen LogP contribution in [0.5, 0.6) is 0 Å². The zero-order valence-corrected chi connectivity index (χ0v) is 13.5. The predicted octanol–water partition coefficient (Wildman–Crippen LogP) is 2.32. The van der Waals surface area contributed by atoms with Gasteiger partial charge in [0.2, 0.25) is 5.91 Å². The van der Waals surface area contributed by atoms with Gasteiger partial charge in [-0.3, -0.25) is 4.79 Å². The number of anilines is 1. The lowest BCUT2D eigenvalue weighted by Gasteiger charge is -2.38. The molecule has 0 spiro atoms. The van der Waals surface area contributed by atoms with E-state index in [1.165, 1.54) is 11.3 Å². The van der Waals surface area contributed by atoms with E-state index in [0.717, 1.165) is 19.5 Å². The van der Waals surface area contributed by atoms with E-state index in [2.05, 4.69) is 47.6 Å². The number of hydrogen-bond donors (Lipinski definition) is 2. The normalized spacial score (nSPS) is 19.3. The van der Waals surface area contributed by atoms with Gasteiger partial charge in [-0.25, -0.2) is 0 Å². The summed E-state index contributed by atoms with van der Waals surface area (Å²) in [6, 6.07) is 8.62. The van der Waals surface area contributed by atoms with E-state index in [-0.39, 0.29) is 11.9 Å². The molecule has 1 aliphatic heterocycles. The maximum Gasteiger partial charge on any atom is 0.242 e. The molecule has 0 aromatic heterocycles. The van der Waals surface area contributed by atoms with Gasteiger partial charge in [0.1, 0.15) is 6.04 Å². The first kappa shape index (κ1) is 15.8. The third-order valence-electron chi connectivity index (χ3n) is 4.16. The van der Waals surface area contributed by atoms with Crippen LogP contribution in [0.1, 0.15) is 38.8 Å². The first-order valence-corrected chi connectivity index (χ1v) is 7.85. The molecule has 2 N–H and O–H groups in total. The molecule has 4 nitrogen and oxygen atoms in total. The molecule has 1 aliphatic rings. The SMILES string of the molecule is CNC1CCN(C(C)C(=O)NCC(C)C)c2ccccc21. The van der Waals surface area contributed by atoms with E-state index in [9.17, 15) is 4.79 Å². The number of amides is 1. The summed E-state index contributed by atoms with van der Waals surface area (Å²) in [5, 5.41) is 6.40. The molecular formula is C17H27N3O. The lowest BCUT2D eigenvalue weighted by atomic mass is 9.95. The lowest BCUT2D eigenvalue weighted by Crippen LogP contribution is -2.49. The molecule has 0 bridgehead atoms. The van der Waals surface area contributed by atoms with Crippen LogP contribution < -0.4 is 15.5 Å². The number of carbonyl (C=O) groups excluding carboxylic acids is 1. The van der Waals surface area contributed by atoms with Crippen LogP contribution in [0.15, 0.2) is 24.3 Å². The van der Waals surface area contributed by atoms with Crippen LogP contribution >= 0.6 is 0 Å². The molecule has 1 aromatic rings. The molecule has 0 saturated heterocycles. The van der Waals surface area contributed by atoms with Gasteiger partial charge >= 0.3 is 0 Å². The molecular weight excluding hydrogens is 262 g/mol. The quantitative estimate of drug-likeness (QED) is 0.874. The molecule has 1 heterocycles. The summed E-state index contributed by atoms with van der Waals surface area (Å²) in [6.45, 7) is 7.85. The Morgan fingerprint density at radius 1 is 1.33 bits per heavy atom. The molecule has 0 fully saturated rings. The Hall–Kier alpha value is -1.55. The van der Waals surface area contributed by atoms with E-state index in [1.54, 1.807) is 0 Å². The summed E-state index contributed by atoms with van der Waals surface area (Å²) in [7, 11) is 2.00. The van der Waals surface area contributed by atoms with Crippen molar-refractivity contribution in [1.82, 2.24) is 10.6 Å². The second kappa shape index (κ2) is 6.94. The molecule has 0 saturated carbocycles. The highest BCUT2D eigenvalue weighted by Gasteiger charge is 2.29. The van der Waals surface area contributed by atoms with Crippen molar-refractivity contribution in [2.24, 2.45) is 5.92 Å². The van der Waals surface area contributed by atoms with Crippen LogP contribution in [-0.2, 0) is 4.79 Å². The van der Waals surface area contributed by atoms with Crippen molar-refractivity contribution < 1.29 is 4.79 Å². The third-order valence-corrected chi connectivity index (χ3v) is 4.16. The zero-order valence-electron chi connectivity index (χ0n) is 13.5. The molecule has 2 unspecified atom stereocenters. The highest BCUT2D eigenvalue weighted by Crippen LogP contribution is 2.34. The molecule has 0 aliphatic carbocycles. The summed E-state index contributed by atoms with van der Waals surface area (Å²) in [4.78, 5) is 14.6. The van der Waals surface area contributed by atoms with Crippen molar-refractivity contribution in [3.05, 3.63) is 29.8 Å². The van der Waals surface area contributed by atoms with Gasteiger partial charge in [-0.2, -0.15) is 0 Å². The van der Waals surface area contributed by atoms with Gasteiger partial charge in [-0.15, -0.1) is 0 Å². The van der Waals surface area contributed by atoms with Crippen molar-refractivity contribution in [3.8, 4) is 0 Å². The average Bonchev–Trinajstić information content (AvgIpc) is 2.50. The highest BCUT2D eigenvalue weighted by atomic mass is 16.2. The van der Waals surface area contributed by atoms with E-state index < -0.39 is 0 Å². The maximum absolute atomic E-state index is 12.3. The number of carbonyl (C=O) groups is 1. The van der Waals surface area contributed by atoms with Crippen molar-refractivity contribution in [2.75, 3.05) is 25.0 Å². The van der Waals surface area contributed by atoms with Gasteiger partial charge < -0.3 is 15.5 Å². The Labute approximate surface area is 127 Å². The third kappa shape index (κ3) is 3.56. The number of para-hydroxylation sites is 1. The zero-order chi connectivity index (χ0) is 15.4. The fraction of sp³-hybridized carbons (Fsp3) is 0.588. The molecule has 2 atom stereocenters. The number of hydrogen-bond acceptors (Lipinski definition) is 3. The fourth-order valence-corrected chi connectivity index (χ4v) is 2.88. The maximum atomic E-state index is 12.3. The van der Waals surface area contributed by atoms with E-state index in [4.69, 9.17) is 0 Å². The number of rotatable bonds is 5. The minimum atomic E-state index is -0.136. The Bertz CT molecular complexity index is 487. The number of nitrogens with zero attached hydrogens (tertiary/aromatic N) is 1. The molecule has 1 aromatic carbocycles. The lowest BCUT2D eigenvalue weighted by molar-refractivity contribution is -0.122. The highest BCUT2D eigenvalue weighted by molar-refractivity contribution is 5.85. The molecule has 21 heavy (non-hydrogen) atoms. The van der Waals surface area contributed by atoms with Gasteiger partial charge in [0.25, 0.3) is 0 Å². The van der Waals surface area contributed by atoms with E-state index in [1.807, 2.05) is 20.0 Å². The number of nitrogens with one attached hydrogen (secondary N) is 2. The van der Waals surface area contributed by atoms with Crippen molar-refractivity contribution in [1.29, 1.82) is 0 Å². The van der Waals surface area contributed by atoms with Crippen LogP contribution in [0.25, 0.3) is 0 Å². The van der Waals surface area contributed by atoms with Crippen LogP contribution in [-0.4, -0.2) is 32.1 Å². The van der Waals surface area contributed by atoms with Gasteiger partial charge in [-0.1, -0.05) is 32.0 Å². The first-order valence-electron chi connectivity index (χ1n) is 7.85. The minimum absolute atomic E-state index is 0.112. The molecule has 1 amide bonds. The molecule has 0 radical (unpaired) electrons. The second-order valence-corrected chi connectivity index (χ2v) is 6.20. The van der Waals surface area contributed by atoms with Crippen LogP contribution in [0.3, 0.4) is 0 Å². The van der Waals surface area contributed by atoms with Gasteiger partial charge in [0.05, 0.1) is 0 Å². The van der Waals surface area contributed by atoms with Gasteiger partial charge in [0.15, 0.2) is 0 Å². The van der Waals surface area contributed by atoms with Gasteiger partial charge in [-0.05, 0) is 37.9 Å². The van der Waals surface area contributed by atoms with Crippen molar-refractivity contribution >= 4 is 11.6 Å². The summed E-state index contributed by atoms with van der Waals surface area (Å²) >= 11 is 0. The van der Waals surface area contributed by atoms with Crippen LogP contribution in [0, 0.1) is 5.92 Å². The Kier molecular flexibility index (Phi) is 5.23. The van der Waals surface area contributed by atoms with Crippen LogP contribution in [0.4, 0.5) is 5.69 Å². The summed E-state index contributed by atoms with van der Waals surface area (Å²) in [5.74, 6) is 0.588. The first-order chi connectivity index (χ1) is 10.0. The molecule has 116 valence electrons. The monoisotopic (exact) mass is 289 g/mol. The second-order valence-electron chi connectivity index (χ2n) is 6.20. The summed E-state index contributed by atoms with van der Waals surface area (Å²) < 4.78 is 0. The van der Waals surface area contributed by atoms with E-state index in [0.29, 0.717) is 12.0 Å². The van der Waals surface area contributed by atoms with Crippen LogP contribution in [0.2, 0.25) is 0 Å².